The number of rotatable bonds is 2. The van der Waals surface area contributed by atoms with E-state index in [2.05, 4.69) is 0 Å². The first-order valence-electron chi connectivity index (χ1n) is 4.48. The number of hydrogen-bond donors (Lipinski definition) is 1. The van der Waals surface area contributed by atoms with Gasteiger partial charge in [-0.15, -0.1) is 0 Å². The number of hydrogen-bond acceptors (Lipinski definition) is 1. The van der Waals surface area contributed by atoms with Crippen molar-refractivity contribution in [2.45, 2.75) is 31.9 Å². The Bertz CT molecular complexity index is 196. The Labute approximate surface area is 75.8 Å². The molecular formula is C9H14F3N. The Morgan fingerprint density at radius 1 is 1.46 bits per heavy atom. The third-order valence-electron chi connectivity index (χ3n) is 2.43. The molecule has 0 fully saturated rings. The highest BCUT2D eigenvalue weighted by Crippen LogP contribution is 2.37. The number of alkyl halides is 3. The maximum absolute atomic E-state index is 12.2. The standard InChI is InChI=1S/C9H14F3N/c10-9(11,12)8-3-1-7(2-4-8)5-6-13/h1,8H,2-6,13H2. The van der Waals surface area contributed by atoms with Crippen LogP contribution in [-0.2, 0) is 0 Å². The Morgan fingerprint density at radius 3 is 2.54 bits per heavy atom. The van der Waals surface area contributed by atoms with E-state index in [1.165, 1.54) is 0 Å². The van der Waals surface area contributed by atoms with E-state index in [1.807, 2.05) is 0 Å². The van der Waals surface area contributed by atoms with Gasteiger partial charge in [0.2, 0.25) is 0 Å². The van der Waals surface area contributed by atoms with E-state index in [4.69, 9.17) is 5.73 Å². The molecule has 0 saturated carbocycles. The van der Waals surface area contributed by atoms with Gasteiger partial charge in [0.1, 0.15) is 0 Å². The van der Waals surface area contributed by atoms with Crippen LogP contribution in [0.5, 0.6) is 0 Å². The van der Waals surface area contributed by atoms with Gasteiger partial charge in [-0.1, -0.05) is 11.6 Å². The molecule has 2 N–H and O–H groups in total. The van der Waals surface area contributed by atoms with Crippen molar-refractivity contribution >= 4 is 0 Å². The van der Waals surface area contributed by atoms with Gasteiger partial charge in [-0.25, -0.2) is 0 Å². The third-order valence-corrected chi connectivity index (χ3v) is 2.43. The maximum Gasteiger partial charge on any atom is 0.392 e. The predicted octanol–water partition coefficient (Wildman–Crippen LogP) is 2.62. The molecule has 0 spiro atoms. The lowest BCUT2D eigenvalue weighted by atomic mass is 9.88. The fourth-order valence-electron chi connectivity index (χ4n) is 1.60. The molecule has 0 radical (unpaired) electrons. The predicted molar refractivity (Wildman–Crippen MR) is 45.2 cm³/mol. The lowest BCUT2D eigenvalue weighted by Crippen LogP contribution is -2.24. The number of halogens is 3. The van der Waals surface area contributed by atoms with Crippen LogP contribution in [0, 0.1) is 5.92 Å². The van der Waals surface area contributed by atoms with E-state index in [9.17, 15) is 13.2 Å². The fourth-order valence-corrected chi connectivity index (χ4v) is 1.60. The highest BCUT2D eigenvalue weighted by molar-refractivity contribution is 5.07. The van der Waals surface area contributed by atoms with Gasteiger partial charge in [-0.05, 0) is 32.2 Å². The van der Waals surface area contributed by atoms with Gasteiger partial charge in [0.15, 0.2) is 0 Å². The Morgan fingerprint density at radius 2 is 2.15 bits per heavy atom. The molecule has 0 aliphatic heterocycles. The van der Waals surface area contributed by atoms with Crippen molar-refractivity contribution in [3.05, 3.63) is 11.6 Å². The highest BCUT2D eigenvalue weighted by atomic mass is 19.4. The molecule has 1 rings (SSSR count). The zero-order valence-corrected chi connectivity index (χ0v) is 7.40. The van der Waals surface area contributed by atoms with E-state index in [1.54, 1.807) is 6.08 Å². The largest absolute Gasteiger partial charge is 0.392 e. The molecule has 1 atom stereocenters. The maximum atomic E-state index is 12.2. The van der Waals surface area contributed by atoms with E-state index in [0.29, 0.717) is 13.0 Å². The van der Waals surface area contributed by atoms with Gasteiger partial charge in [-0.2, -0.15) is 13.2 Å². The minimum absolute atomic E-state index is 0.138. The molecule has 0 amide bonds. The summed E-state index contributed by atoms with van der Waals surface area (Å²) in [5, 5.41) is 0. The molecule has 1 nitrogen and oxygen atoms in total. The Kier molecular flexibility index (Phi) is 3.36. The quantitative estimate of drug-likeness (QED) is 0.670. The average molecular weight is 193 g/mol. The van der Waals surface area contributed by atoms with Crippen LogP contribution in [-0.4, -0.2) is 12.7 Å². The summed E-state index contributed by atoms with van der Waals surface area (Å²) in [6, 6.07) is 0. The number of allylic oxidation sites excluding steroid dienone is 1. The second-order valence-corrected chi connectivity index (χ2v) is 3.41. The highest BCUT2D eigenvalue weighted by Gasteiger charge is 2.39. The van der Waals surface area contributed by atoms with Crippen LogP contribution in [0.4, 0.5) is 13.2 Å². The molecule has 0 bridgehead atoms. The lowest BCUT2D eigenvalue weighted by Gasteiger charge is -2.23. The summed E-state index contributed by atoms with van der Waals surface area (Å²) in [5.41, 5.74) is 6.40. The second kappa shape index (κ2) is 4.13. The van der Waals surface area contributed by atoms with Crippen LogP contribution in [0.2, 0.25) is 0 Å². The smallest absolute Gasteiger partial charge is 0.330 e. The van der Waals surface area contributed by atoms with Crippen molar-refractivity contribution in [1.29, 1.82) is 0 Å². The topological polar surface area (TPSA) is 26.0 Å². The average Bonchev–Trinajstić information content (AvgIpc) is 2.04. The summed E-state index contributed by atoms with van der Waals surface area (Å²) in [5.74, 6) is -1.13. The van der Waals surface area contributed by atoms with Crippen molar-refractivity contribution in [3.63, 3.8) is 0 Å². The first kappa shape index (κ1) is 10.6. The monoisotopic (exact) mass is 193 g/mol. The Balaban J connectivity index is 2.46. The van der Waals surface area contributed by atoms with Gasteiger partial charge in [-0.3, -0.25) is 0 Å². The van der Waals surface area contributed by atoms with Crippen LogP contribution in [0.1, 0.15) is 25.7 Å². The zero-order valence-electron chi connectivity index (χ0n) is 7.40. The SMILES string of the molecule is NCCC1=CCC(C(F)(F)F)CC1. The normalized spacial score (nSPS) is 24.3. The third kappa shape index (κ3) is 3.03. The van der Waals surface area contributed by atoms with Crippen molar-refractivity contribution < 1.29 is 13.2 Å². The lowest BCUT2D eigenvalue weighted by molar-refractivity contribution is -0.176. The van der Waals surface area contributed by atoms with Crippen LogP contribution in [0.25, 0.3) is 0 Å². The molecule has 0 heterocycles. The fraction of sp³-hybridized carbons (Fsp3) is 0.778. The molecular weight excluding hydrogens is 179 g/mol. The van der Waals surface area contributed by atoms with Crippen LogP contribution >= 0.6 is 0 Å². The second-order valence-electron chi connectivity index (χ2n) is 3.41. The molecule has 1 unspecified atom stereocenters. The summed E-state index contributed by atoms with van der Waals surface area (Å²) in [4.78, 5) is 0. The van der Waals surface area contributed by atoms with Gasteiger partial charge >= 0.3 is 6.18 Å². The van der Waals surface area contributed by atoms with E-state index in [0.717, 1.165) is 12.0 Å². The molecule has 1 aliphatic carbocycles. The van der Waals surface area contributed by atoms with Crippen LogP contribution < -0.4 is 5.73 Å². The van der Waals surface area contributed by atoms with Gasteiger partial charge < -0.3 is 5.73 Å². The van der Waals surface area contributed by atoms with Crippen molar-refractivity contribution in [1.82, 2.24) is 0 Å². The van der Waals surface area contributed by atoms with Gasteiger partial charge in [0, 0.05) is 0 Å². The summed E-state index contributed by atoms with van der Waals surface area (Å²) in [7, 11) is 0. The molecule has 4 heteroatoms. The van der Waals surface area contributed by atoms with Crippen molar-refractivity contribution in [3.8, 4) is 0 Å². The molecule has 0 aromatic carbocycles. The zero-order chi connectivity index (χ0) is 9.90. The Hall–Kier alpha value is -0.510. The summed E-state index contributed by atoms with van der Waals surface area (Å²) >= 11 is 0. The minimum atomic E-state index is -4.02. The molecule has 0 saturated heterocycles. The summed E-state index contributed by atoms with van der Waals surface area (Å²) < 4.78 is 36.6. The molecule has 0 aromatic rings. The first-order chi connectivity index (χ1) is 6.04. The van der Waals surface area contributed by atoms with E-state index >= 15 is 0 Å². The minimum Gasteiger partial charge on any atom is -0.330 e. The van der Waals surface area contributed by atoms with Crippen molar-refractivity contribution in [2.75, 3.05) is 6.54 Å². The van der Waals surface area contributed by atoms with E-state index < -0.39 is 12.1 Å². The van der Waals surface area contributed by atoms with Gasteiger partial charge in [0.05, 0.1) is 5.92 Å². The number of nitrogens with two attached hydrogens (primary N) is 1. The molecule has 1 aliphatic rings. The van der Waals surface area contributed by atoms with Gasteiger partial charge in [0.25, 0.3) is 0 Å². The first-order valence-corrected chi connectivity index (χ1v) is 4.48. The summed E-state index contributed by atoms with van der Waals surface area (Å²) in [6.45, 7) is 0.530. The van der Waals surface area contributed by atoms with E-state index in [-0.39, 0.29) is 12.8 Å². The van der Waals surface area contributed by atoms with Crippen LogP contribution in [0.15, 0.2) is 11.6 Å². The van der Waals surface area contributed by atoms with Crippen molar-refractivity contribution in [2.24, 2.45) is 11.7 Å². The molecule has 76 valence electrons. The summed E-state index contributed by atoms with van der Waals surface area (Å²) in [6.07, 6.45) is -0.653. The molecule has 0 aromatic heterocycles. The van der Waals surface area contributed by atoms with Crippen LogP contribution in [0.3, 0.4) is 0 Å². The molecule has 13 heavy (non-hydrogen) atoms.